The minimum atomic E-state index is -0.833. The normalized spacial score (nSPS) is 12.0. The molecule has 10 nitrogen and oxygen atoms in total. The number of aliphatic carboxylic acids is 1. The highest BCUT2D eigenvalue weighted by Crippen LogP contribution is 1.99. The first-order valence-electron chi connectivity index (χ1n) is 8.22. The molecule has 0 aliphatic carbocycles. The van der Waals surface area contributed by atoms with Gasteiger partial charge in [-0.2, -0.15) is 0 Å². The zero-order chi connectivity index (χ0) is 19.8. The molecule has 0 fully saturated rings. The van der Waals surface area contributed by atoms with Gasteiger partial charge in [0.05, 0.1) is 6.04 Å². The van der Waals surface area contributed by atoms with Gasteiger partial charge in [-0.25, -0.2) is 0 Å². The zero-order valence-electron chi connectivity index (χ0n) is 15.2. The number of amides is 2. The molecule has 0 aliphatic heterocycles. The average molecular weight is 360 g/mol. The van der Waals surface area contributed by atoms with Crippen LogP contribution in [0, 0.1) is 5.41 Å². The Labute approximate surface area is 148 Å². The van der Waals surface area contributed by atoms with Crippen LogP contribution in [-0.4, -0.2) is 54.0 Å². The van der Waals surface area contributed by atoms with Gasteiger partial charge >= 0.3 is 0 Å². The van der Waals surface area contributed by atoms with Crippen LogP contribution in [0.25, 0.3) is 0 Å². The molecule has 0 heterocycles. The summed E-state index contributed by atoms with van der Waals surface area (Å²) in [5, 5.41) is 22.4. The van der Waals surface area contributed by atoms with Crippen LogP contribution in [0.4, 0.5) is 0 Å². The standard InChI is InChI=1S/C13H28N6O2.C2H4O2/c1-3-7-17-11(20)9(2)19-12(21)10(14)6-4-5-8-18-13(15)16;1-2(3)4/h9-10H,3-8,14H2,1-2H3,(H,17,20)(H,19,21)(H4,15,16,18);1H3,(H,3,4)/t9-,10+;/m1./s1. The number of guanidine groups is 1. The van der Waals surface area contributed by atoms with E-state index in [0.29, 0.717) is 19.5 Å². The Hall–Kier alpha value is -2.36. The maximum Gasteiger partial charge on any atom is 0.300 e. The lowest BCUT2D eigenvalue weighted by atomic mass is 10.1. The summed E-state index contributed by atoms with van der Waals surface area (Å²) < 4.78 is 0. The van der Waals surface area contributed by atoms with Crippen LogP contribution in [0.2, 0.25) is 0 Å². The molecule has 0 aromatic carbocycles. The van der Waals surface area contributed by atoms with Gasteiger partial charge in [0.25, 0.3) is 5.97 Å². The first kappa shape index (κ1) is 24.9. The van der Waals surface area contributed by atoms with E-state index in [4.69, 9.17) is 26.8 Å². The van der Waals surface area contributed by atoms with Crippen LogP contribution in [-0.2, 0) is 14.4 Å². The van der Waals surface area contributed by atoms with Gasteiger partial charge in [0.15, 0.2) is 5.96 Å². The van der Waals surface area contributed by atoms with Crippen LogP contribution in [0.5, 0.6) is 0 Å². The zero-order valence-corrected chi connectivity index (χ0v) is 15.2. The SMILES string of the molecule is CC(=O)O.CCCNC(=O)[C@@H](C)NC(=O)[C@@H](N)CCCCNC(=N)N. The largest absolute Gasteiger partial charge is 0.481 e. The first-order chi connectivity index (χ1) is 11.6. The Bertz CT molecular complexity index is 426. The molecule has 10 heteroatoms. The summed E-state index contributed by atoms with van der Waals surface area (Å²) in [6.07, 6.45) is 2.88. The molecule has 0 spiro atoms. The highest BCUT2D eigenvalue weighted by atomic mass is 16.4. The highest BCUT2D eigenvalue weighted by Gasteiger charge is 2.19. The van der Waals surface area contributed by atoms with E-state index in [1.165, 1.54) is 0 Å². The third kappa shape index (κ3) is 17.8. The van der Waals surface area contributed by atoms with Gasteiger partial charge in [0.1, 0.15) is 6.04 Å². The van der Waals surface area contributed by atoms with Crippen molar-refractivity contribution in [2.24, 2.45) is 11.5 Å². The quantitative estimate of drug-likeness (QED) is 0.149. The maximum absolute atomic E-state index is 11.8. The highest BCUT2D eigenvalue weighted by molar-refractivity contribution is 5.89. The maximum atomic E-state index is 11.8. The Morgan fingerprint density at radius 1 is 1.12 bits per heavy atom. The summed E-state index contributed by atoms with van der Waals surface area (Å²) >= 11 is 0. The minimum Gasteiger partial charge on any atom is -0.481 e. The molecule has 0 unspecified atom stereocenters. The Morgan fingerprint density at radius 2 is 1.68 bits per heavy atom. The molecule has 146 valence electrons. The van der Waals surface area contributed by atoms with Crippen LogP contribution in [0.15, 0.2) is 0 Å². The average Bonchev–Trinajstić information content (AvgIpc) is 2.50. The molecule has 0 radical (unpaired) electrons. The van der Waals surface area contributed by atoms with E-state index < -0.39 is 18.1 Å². The van der Waals surface area contributed by atoms with Crippen molar-refractivity contribution < 1.29 is 19.5 Å². The smallest absolute Gasteiger partial charge is 0.300 e. The van der Waals surface area contributed by atoms with Crippen LogP contribution >= 0.6 is 0 Å². The van der Waals surface area contributed by atoms with Crippen LogP contribution < -0.4 is 27.4 Å². The van der Waals surface area contributed by atoms with E-state index >= 15 is 0 Å². The van der Waals surface area contributed by atoms with Gasteiger partial charge in [0, 0.05) is 20.0 Å². The van der Waals surface area contributed by atoms with Crippen molar-refractivity contribution in [2.75, 3.05) is 13.1 Å². The molecular weight excluding hydrogens is 328 g/mol. The molecule has 0 aromatic heterocycles. The van der Waals surface area contributed by atoms with Crippen molar-refractivity contribution in [3.05, 3.63) is 0 Å². The topological polar surface area (TPSA) is 183 Å². The van der Waals surface area contributed by atoms with Crippen molar-refractivity contribution in [1.82, 2.24) is 16.0 Å². The lowest BCUT2D eigenvalue weighted by Gasteiger charge is -2.17. The van der Waals surface area contributed by atoms with Crippen LogP contribution in [0.3, 0.4) is 0 Å². The minimum absolute atomic E-state index is 0.0658. The molecule has 0 bridgehead atoms. The molecule has 0 saturated carbocycles. The van der Waals surface area contributed by atoms with Gasteiger partial charge in [0.2, 0.25) is 11.8 Å². The summed E-state index contributed by atoms with van der Waals surface area (Å²) in [6, 6.07) is -1.22. The molecule has 2 atom stereocenters. The number of nitrogens with two attached hydrogens (primary N) is 2. The lowest BCUT2D eigenvalue weighted by Crippen LogP contribution is -2.50. The number of carbonyl (C=O) groups excluding carboxylic acids is 2. The number of carbonyl (C=O) groups is 3. The fourth-order valence-electron chi connectivity index (χ4n) is 1.63. The van der Waals surface area contributed by atoms with E-state index in [-0.39, 0.29) is 17.8 Å². The summed E-state index contributed by atoms with van der Waals surface area (Å²) in [7, 11) is 0. The summed E-state index contributed by atoms with van der Waals surface area (Å²) in [5.41, 5.74) is 10.9. The number of nitrogens with one attached hydrogen (secondary N) is 4. The number of unbranched alkanes of at least 4 members (excludes halogenated alkanes) is 1. The van der Waals surface area contributed by atoms with E-state index in [9.17, 15) is 9.59 Å². The van der Waals surface area contributed by atoms with Crippen molar-refractivity contribution >= 4 is 23.7 Å². The number of rotatable bonds is 10. The fourth-order valence-corrected chi connectivity index (χ4v) is 1.63. The molecule has 0 aliphatic rings. The molecule has 0 aromatic rings. The van der Waals surface area contributed by atoms with Gasteiger partial charge in [-0.15, -0.1) is 0 Å². The van der Waals surface area contributed by atoms with Crippen LogP contribution in [0.1, 0.15) is 46.5 Å². The summed E-state index contributed by atoms with van der Waals surface area (Å²) in [4.78, 5) is 32.4. The molecule has 9 N–H and O–H groups in total. The monoisotopic (exact) mass is 360 g/mol. The van der Waals surface area contributed by atoms with Crippen molar-refractivity contribution in [3.8, 4) is 0 Å². The second-order valence-electron chi connectivity index (χ2n) is 5.48. The number of carboxylic acid groups (broad SMARTS) is 1. The van der Waals surface area contributed by atoms with E-state index in [1.807, 2.05) is 6.92 Å². The molecular formula is C15H32N6O4. The Morgan fingerprint density at radius 3 is 2.16 bits per heavy atom. The molecule has 0 saturated heterocycles. The van der Waals surface area contributed by atoms with Crippen molar-refractivity contribution in [3.63, 3.8) is 0 Å². The van der Waals surface area contributed by atoms with E-state index in [2.05, 4.69) is 16.0 Å². The number of hydrogen-bond donors (Lipinski definition) is 7. The van der Waals surface area contributed by atoms with Gasteiger partial charge in [-0.3, -0.25) is 19.8 Å². The second-order valence-corrected chi connectivity index (χ2v) is 5.48. The summed E-state index contributed by atoms with van der Waals surface area (Å²) in [5.74, 6) is -1.43. The molecule has 2 amide bonds. The lowest BCUT2D eigenvalue weighted by molar-refractivity contribution is -0.134. The predicted octanol–water partition coefficient (Wildman–Crippen LogP) is -0.911. The summed E-state index contributed by atoms with van der Waals surface area (Å²) in [6.45, 7) is 5.85. The van der Waals surface area contributed by atoms with E-state index in [0.717, 1.165) is 26.2 Å². The van der Waals surface area contributed by atoms with Crippen molar-refractivity contribution in [1.29, 1.82) is 5.41 Å². The van der Waals surface area contributed by atoms with Gasteiger partial charge < -0.3 is 32.5 Å². The number of carboxylic acids is 1. The molecule has 0 rings (SSSR count). The van der Waals surface area contributed by atoms with E-state index in [1.54, 1.807) is 6.92 Å². The van der Waals surface area contributed by atoms with Crippen molar-refractivity contribution in [2.45, 2.75) is 58.5 Å². The Balaban J connectivity index is 0. The second kappa shape index (κ2) is 15.2. The third-order valence-corrected chi connectivity index (χ3v) is 2.90. The first-order valence-corrected chi connectivity index (χ1v) is 8.22. The fraction of sp³-hybridized carbons (Fsp3) is 0.733. The number of hydrogen-bond acceptors (Lipinski definition) is 5. The van der Waals surface area contributed by atoms with Gasteiger partial charge in [-0.1, -0.05) is 6.92 Å². The molecule has 25 heavy (non-hydrogen) atoms. The van der Waals surface area contributed by atoms with Gasteiger partial charge in [-0.05, 0) is 32.6 Å². The Kier molecular flexibility index (Phi) is 15.1. The predicted molar refractivity (Wildman–Crippen MR) is 96.0 cm³/mol. The third-order valence-electron chi connectivity index (χ3n) is 2.90.